The maximum Gasteiger partial charge on any atom is 0.323 e. The fraction of sp³-hybridized carbons (Fsp3) is 0.515. The van der Waals surface area contributed by atoms with Crippen LogP contribution in [0.15, 0.2) is 54.2 Å². The van der Waals surface area contributed by atoms with Crippen LogP contribution in [0.4, 0.5) is 16.2 Å². The molecule has 0 bridgehead atoms. The van der Waals surface area contributed by atoms with Gasteiger partial charge >= 0.3 is 6.03 Å². The molecule has 0 aliphatic carbocycles. The highest BCUT2D eigenvalue weighted by molar-refractivity contribution is 7.09. The van der Waals surface area contributed by atoms with E-state index in [1.807, 2.05) is 36.4 Å². The Morgan fingerprint density at radius 2 is 1.39 bits per heavy atom. The maximum atomic E-state index is 12.6. The highest BCUT2D eigenvalue weighted by Crippen LogP contribution is 2.30. The lowest BCUT2D eigenvalue weighted by Crippen LogP contribution is -3.00. The van der Waals surface area contributed by atoms with E-state index in [9.17, 15) is 4.79 Å². The predicted molar refractivity (Wildman–Crippen MR) is 167 cm³/mol. The van der Waals surface area contributed by atoms with Crippen molar-refractivity contribution in [2.24, 2.45) is 0 Å². The number of hydrogen-bond donors (Lipinski definition) is 2. The molecule has 0 aliphatic rings. The zero-order chi connectivity index (χ0) is 28.4. The van der Waals surface area contributed by atoms with Crippen LogP contribution in [0.3, 0.4) is 0 Å². The van der Waals surface area contributed by atoms with Crippen molar-refractivity contribution >= 4 is 28.7 Å². The van der Waals surface area contributed by atoms with Crippen LogP contribution in [0.5, 0.6) is 11.5 Å². The molecule has 0 spiro atoms. The normalized spacial score (nSPS) is 10.6. The summed E-state index contributed by atoms with van der Waals surface area (Å²) in [5.74, 6) is 1.31. The van der Waals surface area contributed by atoms with Gasteiger partial charge in [-0.25, -0.2) is 4.79 Å². The number of unbranched alkanes of at least 4 members (excludes halogenated alkanes) is 11. The van der Waals surface area contributed by atoms with Crippen LogP contribution in [0.25, 0.3) is 0 Å². The van der Waals surface area contributed by atoms with Crippen molar-refractivity contribution < 1.29 is 35.8 Å². The van der Waals surface area contributed by atoms with Gasteiger partial charge in [-0.05, 0) is 37.6 Å². The van der Waals surface area contributed by atoms with Gasteiger partial charge in [-0.2, -0.15) is 4.57 Å². The predicted octanol–water partition coefficient (Wildman–Crippen LogP) is 6.13. The number of carbonyl (C=O) groups excluding carboxylic acids is 1. The summed E-state index contributed by atoms with van der Waals surface area (Å²) in [5, 5.41) is 5.77. The molecule has 1 aromatic heterocycles. The minimum absolute atomic E-state index is 0. The Labute approximate surface area is 261 Å². The van der Waals surface area contributed by atoms with E-state index in [0.717, 1.165) is 18.7 Å². The van der Waals surface area contributed by atoms with Crippen molar-refractivity contribution in [2.45, 2.75) is 97.4 Å². The number of rotatable bonds is 19. The molecule has 6 nitrogen and oxygen atoms in total. The number of nitrogens with one attached hydrogen (secondary N) is 2. The summed E-state index contributed by atoms with van der Waals surface area (Å²) in [5.41, 5.74) is 4.67. The van der Waals surface area contributed by atoms with E-state index in [1.165, 1.54) is 81.1 Å². The Morgan fingerprint density at radius 1 is 0.805 bits per heavy atom. The van der Waals surface area contributed by atoms with Gasteiger partial charge < -0.3 is 37.1 Å². The number of urea groups is 1. The molecule has 8 heteroatoms. The number of aryl methyl sites for hydroxylation is 1. The van der Waals surface area contributed by atoms with E-state index in [1.54, 1.807) is 24.5 Å². The lowest BCUT2D eigenvalue weighted by atomic mass is 10.1. The van der Waals surface area contributed by atoms with E-state index >= 15 is 0 Å². The van der Waals surface area contributed by atoms with E-state index in [0.29, 0.717) is 23.8 Å². The summed E-state index contributed by atoms with van der Waals surface area (Å²) in [6, 6.07) is 13.1. The third-order valence-electron chi connectivity index (χ3n) is 6.98. The fourth-order valence-electron chi connectivity index (χ4n) is 4.72. The number of halogens is 1. The van der Waals surface area contributed by atoms with Crippen LogP contribution in [-0.4, -0.2) is 19.7 Å². The molecule has 3 rings (SSSR count). The number of methoxy groups -OCH3 is 1. The summed E-state index contributed by atoms with van der Waals surface area (Å²) in [7, 11) is 1.62. The number of thiazole rings is 1. The molecule has 0 radical (unpaired) electrons. The number of nitrogens with zero attached hydrogens (tertiary/aromatic N) is 1. The van der Waals surface area contributed by atoms with Crippen molar-refractivity contribution in [2.75, 3.05) is 24.4 Å². The van der Waals surface area contributed by atoms with Crippen molar-refractivity contribution in [3.8, 4) is 11.5 Å². The number of amides is 2. The van der Waals surface area contributed by atoms with Crippen LogP contribution >= 0.6 is 11.3 Å². The molecule has 0 saturated heterocycles. The summed E-state index contributed by atoms with van der Waals surface area (Å²) >= 11 is 1.73. The van der Waals surface area contributed by atoms with Crippen LogP contribution in [0.2, 0.25) is 0 Å². The van der Waals surface area contributed by atoms with Crippen LogP contribution in [0, 0.1) is 6.92 Å². The SMILES string of the molecule is CCCCCCCCCCCCCCOc1ccc(NC(=O)Nc2ccc(C[n+]3csc(C)c3)cc2)cc1OC.[Br-]. The molecule has 2 N–H and O–H groups in total. The second kappa shape index (κ2) is 20.3. The molecule has 226 valence electrons. The molecule has 0 unspecified atom stereocenters. The minimum Gasteiger partial charge on any atom is -1.00 e. The van der Waals surface area contributed by atoms with Crippen LogP contribution < -0.4 is 41.7 Å². The highest BCUT2D eigenvalue weighted by atomic mass is 79.9. The number of aromatic nitrogens is 1. The molecule has 1 heterocycles. The van der Waals surface area contributed by atoms with Gasteiger partial charge in [0.05, 0.1) is 18.6 Å². The van der Waals surface area contributed by atoms with Crippen molar-refractivity contribution in [3.05, 3.63) is 64.6 Å². The van der Waals surface area contributed by atoms with E-state index in [2.05, 4.69) is 40.8 Å². The van der Waals surface area contributed by atoms with Gasteiger partial charge in [0, 0.05) is 23.0 Å². The largest absolute Gasteiger partial charge is 1.00 e. The van der Waals surface area contributed by atoms with Crippen LogP contribution in [-0.2, 0) is 6.54 Å². The minimum atomic E-state index is -0.303. The number of carbonyl (C=O) groups is 1. The summed E-state index contributed by atoms with van der Waals surface area (Å²) in [6.45, 7) is 5.85. The van der Waals surface area contributed by atoms with Gasteiger partial charge in [-0.15, -0.1) is 0 Å². The van der Waals surface area contributed by atoms with Gasteiger partial charge in [-0.1, -0.05) is 101 Å². The Kier molecular flexibility index (Phi) is 17.2. The third kappa shape index (κ3) is 13.8. The zero-order valence-electron chi connectivity index (χ0n) is 25.1. The molecule has 3 aromatic rings. The Bertz CT molecular complexity index is 1140. The maximum absolute atomic E-state index is 12.6. The average Bonchev–Trinajstić information content (AvgIpc) is 3.37. The standard InChI is InChI=1S/C33H47N3O3S.BrH/c1-4-5-6-7-8-9-10-11-12-13-14-15-22-39-31-21-20-30(23-32(31)38-3)35-33(37)34-29-18-16-28(17-19-29)25-36-24-27(2)40-26-36;/h16-21,23-24,26H,4-15,22,25H2,1-3H3,(H-,34,35,37);1H. The second-order valence-electron chi connectivity index (χ2n) is 10.5. The van der Waals surface area contributed by atoms with Crippen molar-refractivity contribution in [1.82, 2.24) is 0 Å². The summed E-state index contributed by atoms with van der Waals surface area (Å²) in [6.07, 6.45) is 18.0. The lowest BCUT2D eigenvalue weighted by Gasteiger charge is -2.13. The number of hydrogen-bond acceptors (Lipinski definition) is 4. The zero-order valence-corrected chi connectivity index (χ0v) is 27.5. The number of ether oxygens (including phenoxy) is 2. The molecule has 41 heavy (non-hydrogen) atoms. The highest BCUT2D eigenvalue weighted by Gasteiger charge is 2.10. The van der Waals surface area contributed by atoms with Gasteiger partial charge in [-0.3, -0.25) is 0 Å². The molecule has 0 aliphatic heterocycles. The Morgan fingerprint density at radius 3 is 1.98 bits per heavy atom. The third-order valence-corrected chi connectivity index (χ3v) is 7.83. The lowest BCUT2D eigenvalue weighted by molar-refractivity contribution is -0.683. The first-order valence-electron chi connectivity index (χ1n) is 15.0. The number of anilines is 2. The first-order valence-corrected chi connectivity index (χ1v) is 15.9. The van der Waals surface area contributed by atoms with Gasteiger partial charge in [0.25, 0.3) is 0 Å². The first-order chi connectivity index (χ1) is 19.6. The van der Waals surface area contributed by atoms with Gasteiger partial charge in [0.15, 0.2) is 24.2 Å². The summed E-state index contributed by atoms with van der Waals surface area (Å²) in [4.78, 5) is 13.8. The van der Waals surface area contributed by atoms with Crippen molar-refractivity contribution in [1.29, 1.82) is 0 Å². The second-order valence-corrected chi connectivity index (χ2v) is 11.6. The van der Waals surface area contributed by atoms with Gasteiger partial charge in [0.2, 0.25) is 5.51 Å². The molecular formula is C33H48BrN3O3S. The topological polar surface area (TPSA) is 63.5 Å². The monoisotopic (exact) mass is 645 g/mol. The van der Waals surface area contributed by atoms with E-state index in [4.69, 9.17) is 9.47 Å². The molecular weight excluding hydrogens is 598 g/mol. The number of benzene rings is 2. The summed E-state index contributed by atoms with van der Waals surface area (Å²) < 4.78 is 13.7. The Balaban J connectivity index is 0.00000588. The van der Waals surface area contributed by atoms with Crippen LogP contribution in [0.1, 0.15) is 94.4 Å². The van der Waals surface area contributed by atoms with E-state index in [-0.39, 0.29) is 23.0 Å². The molecule has 2 aromatic carbocycles. The smallest absolute Gasteiger partial charge is 0.323 e. The van der Waals surface area contributed by atoms with Crippen molar-refractivity contribution in [3.63, 3.8) is 0 Å². The van der Waals surface area contributed by atoms with E-state index < -0.39 is 0 Å². The molecule has 2 amide bonds. The van der Waals surface area contributed by atoms with Gasteiger partial charge in [0.1, 0.15) is 0 Å². The quantitative estimate of drug-likeness (QED) is 0.122. The molecule has 0 saturated carbocycles. The molecule has 0 atom stereocenters. The fourth-order valence-corrected chi connectivity index (χ4v) is 5.35. The molecule has 0 fully saturated rings. The first kappa shape index (κ1) is 34.6. The average molecular weight is 647 g/mol. The Hall–Kier alpha value is -2.58.